The Balaban J connectivity index is 1.77. The van der Waals surface area contributed by atoms with Gasteiger partial charge in [0.1, 0.15) is 6.61 Å². The molecule has 0 spiro atoms. The SMILES string of the molecule is CCN(C(=O)c1cccc(C)c1-c1nnc(C)o1)C(C)COc1ccc(C(F)(F)F)cn1. The van der Waals surface area contributed by atoms with Crippen LogP contribution in [-0.4, -0.2) is 45.2 Å². The minimum absolute atomic E-state index is 0.0472. The average Bonchev–Trinajstić information content (AvgIpc) is 3.18. The van der Waals surface area contributed by atoms with Crippen LogP contribution in [0.1, 0.15) is 41.2 Å². The van der Waals surface area contributed by atoms with Crippen molar-refractivity contribution >= 4 is 5.91 Å². The fourth-order valence-electron chi connectivity index (χ4n) is 3.27. The van der Waals surface area contributed by atoms with E-state index in [2.05, 4.69) is 15.2 Å². The molecule has 1 amide bonds. The molecule has 0 radical (unpaired) electrons. The van der Waals surface area contributed by atoms with E-state index in [4.69, 9.17) is 9.15 Å². The summed E-state index contributed by atoms with van der Waals surface area (Å²) >= 11 is 0. The third-order valence-electron chi connectivity index (χ3n) is 4.91. The van der Waals surface area contributed by atoms with Crippen LogP contribution in [0.3, 0.4) is 0 Å². The summed E-state index contributed by atoms with van der Waals surface area (Å²) in [4.78, 5) is 18.7. The van der Waals surface area contributed by atoms with Crippen LogP contribution in [0.4, 0.5) is 13.2 Å². The van der Waals surface area contributed by atoms with Gasteiger partial charge in [0.15, 0.2) is 0 Å². The highest BCUT2D eigenvalue weighted by Crippen LogP contribution is 2.30. The lowest BCUT2D eigenvalue weighted by Gasteiger charge is -2.28. The molecule has 2 aromatic heterocycles. The van der Waals surface area contributed by atoms with Crippen molar-refractivity contribution in [3.8, 4) is 17.3 Å². The summed E-state index contributed by atoms with van der Waals surface area (Å²) < 4.78 is 49.1. The van der Waals surface area contributed by atoms with Crippen molar-refractivity contribution in [2.45, 2.75) is 39.9 Å². The molecule has 0 aliphatic carbocycles. The van der Waals surface area contributed by atoms with Crippen molar-refractivity contribution < 1.29 is 27.1 Å². The molecule has 0 saturated carbocycles. The second-order valence-corrected chi connectivity index (χ2v) is 7.26. The molecule has 10 heteroatoms. The summed E-state index contributed by atoms with van der Waals surface area (Å²) in [6.45, 7) is 7.59. The molecule has 3 aromatic rings. The summed E-state index contributed by atoms with van der Waals surface area (Å²) in [5.41, 5.74) is 0.934. The molecule has 2 heterocycles. The van der Waals surface area contributed by atoms with Gasteiger partial charge in [0.05, 0.1) is 22.7 Å². The number of rotatable bonds is 7. The number of ether oxygens (including phenoxy) is 1. The van der Waals surface area contributed by atoms with E-state index >= 15 is 0 Å². The molecule has 7 nitrogen and oxygen atoms in total. The van der Waals surface area contributed by atoms with Gasteiger partial charge in [0.2, 0.25) is 17.7 Å². The largest absolute Gasteiger partial charge is 0.475 e. The second-order valence-electron chi connectivity index (χ2n) is 7.26. The maximum atomic E-state index is 13.4. The fraction of sp³-hybridized carbons (Fsp3) is 0.364. The molecule has 32 heavy (non-hydrogen) atoms. The molecule has 1 aromatic carbocycles. The zero-order valence-electron chi connectivity index (χ0n) is 18.1. The molecule has 0 saturated heterocycles. The Hall–Kier alpha value is -3.43. The summed E-state index contributed by atoms with van der Waals surface area (Å²) in [6, 6.07) is 7.00. The minimum atomic E-state index is -4.47. The summed E-state index contributed by atoms with van der Waals surface area (Å²) in [6.07, 6.45) is -3.75. The topological polar surface area (TPSA) is 81.4 Å². The monoisotopic (exact) mass is 448 g/mol. The number of amides is 1. The van der Waals surface area contributed by atoms with Gasteiger partial charge in [-0.05, 0) is 38.5 Å². The van der Waals surface area contributed by atoms with Gasteiger partial charge < -0.3 is 14.1 Å². The highest BCUT2D eigenvalue weighted by atomic mass is 19.4. The average molecular weight is 448 g/mol. The van der Waals surface area contributed by atoms with E-state index in [0.717, 1.165) is 17.7 Å². The highest BCUT2D eigenvalue weighted by Gasteiger charge is 2.31. The van der Waals surface area contributed by atoms with E-state index in [0.29, 0.717) is 29.8 Å². The molecule has 3 rings (SSSR count). The van der Waals surface area contributed by atoms with Crippen molar-refractivity contribution in [3.63, 3.8) is 0 Å². The van der Waals surface area contributed by atoms with Gasteiger partial charge in [-0.3, -0.25) is 4.79 Å². The van der Waals surface area contributed by atoms with Crippen LogP contribution in [0.2, 0.25) is 0 Å². The van der Waals surface area contributed by atoms with Gasteiger partial charge in [-0.25, -0.2) is 4.98 Å². The first-order valence-corrected chi connectivity index (χ1v) is 9.99. The molecule has 170 valence electrons. The van der Waals surface area contributed by atoms with E-state index in [9.17, 15) is 18.0 Å². The summed E-state index contributed by atoms with van der Waals surface area (Å²) in [5, 5.41) is 7.90. The van der Waals surface area contributed by atoms with E-state index in [1.165, 1.54) is 0 Å². The number of benzene rings is 1. The van der Waals surface area contributed by atoms with Crippen molar-refractivity contribution in [2.75, 3.05) is 13.2 Å². The number of likely N-dealkylation sites (N-methyl/N-ethyl adjacent to an activating group) is 1. The van der Waals surface area contributed by atoms with E-state index in [1.54, 1.807) is 30.9 Å². The number of aromatic nitrogens is 3. The highest BCUT2D eigenvalue weighted by molar-refractivity contribution is 6.00. The Labute approximate surface area is 183 Å². The van der Waals surface area contributed by atoms with Gasteiger partial charge in [-0.15, -0.1) is 10.2 Å². The van der Waals surface area contributed by atoms with E-state index in [1.807, 2.05) is 19.9 Å². The van der Waals surface area contributed by atoms with Crippen LogP contribution in [0.15, 0.2) is 40.9 Å². The third kappa shape index (κ3) is 5.06. The van der Waals surface area contributed by atoms with E-state index in [-0.39, 0.29) is 30.3 Å². The van der Waals surface area contributed by atoms with E-state index < -0.39 is 11.7 Å². The van der Waals surface area contributed by atoms with Crippen LogP contribution >= 0.6 is 0 Å². The molecule has 0 N–H and O–H groups in total. The van der Waals surface area contributed by atoms with Crippen molar-refractivity contribution in [1.29, 1.82) is 0 Å². The van der Waals surface area contributed by atoms with Crippen LogP contribution in [0.5, 0.6) is 5.88 Å². The van der Waals surface area contributed by atoms with Crippen molar-refractivity contribution in [1.82, 2.24) is 20.1 Å². The smallest absolute Gasteiger partial charge is 0.417 e. The Morgan fingerprint density at radius 1 is 1.19 bits per heavy atom. The number of pyridine rings is 1. The van der Waals surface area contributed by atoms with Gasteiger partial charge in [0, 0.05) is 25.7 Å². The maximum absolute atomic E-state index is 13.4. The molecule has 0 bridgehead atoms. The molecule has 0 aliphatic rings. The number of nitrogens with zero attached hydrogens (tertiary/aromatic N) is 4. The number of hydrogen-bond donors (Lipinski definition) is 0. The summed E-state index contributed by atoms with van der Waals surface area (Å²) in [5.74, 6) is 0.446. The standard InChI is InChI=1S/C22H23F3N4O3/c1-5-29(14(3)12-31-18-10-9-16(11-26-18)22(23,24)25)21(30)17-8-6-7-13(2)19(17)20-28-27-15(4)32-20/h6-11,14H,5,12H2,1-4H3. The molecular formula is C22H23F3N4O3. The first kappa shape index (κ1) is 23.2. The number of alkyl halides is 3. The molecular weight excluding hydrogens is 425 g/mol. The minimum Gasteiger partial charge on any atom is -0.475 e. The van der Waals surface area contributed by atoms with Crippen molar-refractivity contribution in [3.05, 3.63) is 59.1 Å². The lowest BCUT2D eigenvalue weighted by Crippen LogP contribution is -2.42. The maximum Gasteiger partial charge on any atom is 0.417 e. The van der Waals surface area contributed by atoms with Crippen LogP contribution in [0, 0.1) is 13.8 Å². The Bertz CT molecular complexity index is 1080. The number of carbonyl (C=O) groups is 1. The quantitative estimate of drug-likeness (QED) is 0.521. The van der Waals surface area contributed by atoms with Crippen LogP contribution in [0.25, 0.3) is 11.5 Å². The first-order chi connectivity index (χ1) is 15.1. The van der Waals surface area contributed by atoms with Gasteiger partial charge in [-0.1, -0.05) is 12.1 Å². The molecule has 1 unspecified atom stereocenters. The van der Waals surface area contributed by atoms with Gasteiger partial charge >= 0.3 is 6.18 Å². The molecule has 0 aliphatic heterocycles. The van der Waals surface area contributed by atoms with Crippen LogP contribution < -0.4 is 4.74 Å². The first-order valence-electron chi connectivity index (χ1n) is 9.99. The Morgan fingerprint density at radius 3 is 2.50 bits per heavy atom. The Morgan fingerprint density at radius 2 is 1.94 bits per heavy atom. The number of aryl methyl sites for hydroxylation is 2. The zero-order chi connectivity index (χ0) is 23.5. The molecule has 1 atom stereocenters. The third-order valence-corrected chi connectivity index (χ3v) is 4.91. The van der Waals surface area contributed by atoms with Gasteiger partial charge in [-0.2, -0.15) is 13.2 Å². The number of hydrogen-bond acceptors (Lipinski definition) is 6. The summed E-state index contributed by atoms with van der Waals surface area (Å²) in [7, 11) is 0. The molecule has 0 fully saturated rings. The van der Waals surface area contributed by atoms with Gasteiger partial charge in [0.25, 0.3) is 5.91 Å². The predicted molar refractivity (Wildman–Crippen MR) is 110 cm³/mol. The van der Waals surface area contributed by atoms with Crippen molar-refractivity contribution in [2.24, 2.45) is 0 Å². The Kier molecular flexibility index (Phi) is 6.81. The lowest BCUT2D eigenvalue weighted by atomic mass is 10.00. The number of carbonyl (C=O) groups excluding carboxylic acids is 1. The lowest BCUT2D eigenvalue weighted by molar-refractivity contribution is -0.137. The zero-order valence-corrected chi connectivity index (χ0v) is 18.1. The number of halogens is 3. The second kappa shape index (κ2) is 9.37. The van der Waals surface area contributed by atoms with Crippen LogP contribution in [-0.2, 0) is 6.18 Å². The fourth-order valence-corrected chi connectivity index (χ4v) is 3.27. The normalized spacial score (nSPS) is 12.5. The predicted octanol–water partition coefficient (Wildman–Crippen LogP) is 4.70.